The number of esters is 1. The number of anilines is 1. The molecular weight excluding hydrogens is 373 g/mol. The molecule has 6 nitrogen and oxygen atoms in total. The van der Waals surface area contributed by atoms with Gasteiger partial charge in [-0.3, -0.25) is 4.79 Å². The Morgan fingerprint density at radius 1 is 1.14 bits per heavy atom. The average Bonchev–Trinajstić information content (AvgIpc) is 3.32. The zero-order valence-electron chi connectivity index (χ0n) is 16.2. The quantitative estimate of drug-likeness (QED) is 0.684. The third-order valence-corrected chi connectivity index (χ3v) is 5.11. The minimum Gasteiger partial charge on any atom is -0.465 e. The maximum atomic E-state index is 13.3. The summed E-state index contributed by atoms with van der Waals surface area (Å²) in [7, 11) is 1.32. The van der Waals surface area contributed by atoms with Crippen LogP contribution in [0.4, 0.5) is 10.1 Å². The van der Waals surface area contributed by atoms with Crippen LogP contribution >= 0.6 is 0 Å². The van der Waals surface area contributed by atoms with Gasteiger partial charge in [-0.1, -0.05) is 0 Å². The number of benzene rings is 2. The van der Waals surface area contributed by atoms with Gasteiger partial charge in [0.05, 0.1) is 18.4 Å². The molecule has 1 aliphatic rings. The minimum atomic E-state index is -0.429. The summed E-state index contributed by atoms with van der Waals surface area (Å²) in [5.74, 6) is -1.05. The van der Waals surface area contributed by atoms with Crippen LogP contribution in [0.25, 0.3) is 5.69 Å². The molecule has 4 rings (SSSR count). The molecule has 1 N–H and O–H groups in total. The molecule has 29 heavy (non-hydrogen) atoms. The standard InChI is InChI=1S/C22H20FN3O3/c1-13-12-14(22(28)29-2)6-11-18(13)24-21(27)20-17-4-3-5-19(17)26(25-20)16-9-7-15(23)8-10-16/h6-12H,3-5H2,1-2H3,(H,24,27). The molecule has 0 bridgehead atoms. The topological polar surface area (TPSA) is 73.2 Å². The van der Waals surface area contributed by atoms with Gasteiger partial charge in [-0.15, -0.1) is 0 Å². The maximum absolute atomic E-state index is 13.3. The van der Waals surface area contributed by atoms with Crippen molar-refractivity contribution >= 4 is 17.6 Å². The Bertz CT molecular complexity index is 1100. The van der Waals surface area contributed by atoms with Gasteiger partial charge in [0, 0.05) is 16.9 Å². The molecule has 0 unspecified atom stereocenters. The first-order valence-corrected chi connectivity index (χ1v) is 9.35. The molecule has 3 aromatic rings. The van der Waals surface area contributed by atoms with E-state index in [1.807, 2.05) is 6.92 Å². The summed E-state index contributed by atoms with van der Waals surface area (Å²) >= 11 is 0. The number of carbonyl (C=O) groups is 2. The predicted octanol–water partition coefficient (Wildman–Crippen LogP) is 3.85. The van der Waals surface area contributed by atoms with Crippen LogP contribution in [0.1, 0.15) is 44.1 Å². The van der Waals surface area contributed by atoms with E-state index in [-0.39, 0.29) is 11.7 Å². The molecule has 1 heterocycles. The summed E-state index contributed by atoms with van der Waals surface area (Å²) in [5, 5.41) is 7.41. The van der Waals surface area contributed by atoms with Crippen molar-refractivity contribution in [3.8, 4) is 5.69 Å². The second-order valence-electron chi connectivity index (χ2n) is 6.99. The molecule has 0 saturated heterocycles. The van der Waals surface area contributed by atoms with Gasteiger partial charge < -0.3 is 10.1 Å². The summed E-state index contributed by atoms with van der Waals surface area (Å²) in [6.07, 6.45) is 2.54. The molecule has 2 aromatic carbocycles. The van der Waals surface area contributed by atoms with Crippen molar-refractivity contribution in [2.75, 3.05) is 12.4 Å². The molecule has 0 aliphatic heterocycles. The first kappa shape index (κ1) is 18.9. The van der Waals surface area contributed by atoms with Gasteiger partial charge in [0.15, 0.2) is 5.69 Å². The van der Waals surface area contributed by atoms with E-state index in [2.05, 4.69) is 10.4 Å². The van der Waals surface area contributed by atoms with Gasteiger partial charge in [0.1, 0.15) is 5.82 Å². The largest absolute Gasteiger partial charge is 0.465 e. The van der Waals surface area contributed by atoms with Crippen LogP contribution in [0, 0.1) is 12.7 Å². The van der Waals surface area contributed by atoms with Crippen LogP contribution in [0.15, 0.2) is 42.5 Å². The van der Waals surface area contributed by atoms with Gasteiger partial charge >= 0.3 is 5.97 Å². The Kier molecular flexibility index (Phi) is 4.88. The lowest BCUT2D eigenvalue weighted by Crippen LogP contribution is -2.16. The smallest absolute Gasteiger partial charge is 0.337 e. The Hall–Kier alpha value is -3.48. The summed E-state index contributed by atoms with van der Waals surface area (Å²) in [6.45, 7) is 1.81. The third kappa shape index (κ3) is 3.51. The van der Waals surface area contributed by atoms with Crippen LogP contribution in [-0.2, 0) is 17.6 Å². The number of fused-ring (bicyclic) bond motifs is 1. The number of hydrogen-bond donors (Lipinski definition) is 1. The monoisotopic (exact) mass is 393 g/mol. The normalized spacial score (nSPS) is 12.5. The molecule has 1 aliphatic carbocycles. The van der Waals surface area contributed by atoms with Crippen molar-refractivity contribution in [2.24, 2.45) is 0 Å². The van der Waals surface area contributed by atoms with Crippen LogP contribution < -0.4 is 5.32 Å². The fraction of sp³-hybridized carbons (Fsp3) is 0.227. The van der Waals surface area contributed by atoms with E-state index in [1.54, 1.807) is 35.0 Å². The fourth-order valence-electron chi connectivity index (χ4n) is 3.65. The van der Waals surface area contributed by atoms with Crippen LogP contribution in [0.5, 0.6) is 0 Å². The Balaban J connectivity index is 1.64. The molecule has 0 radical (unpaired) electrons. The highest BCUT2D eigenvalue weighted by atomic mass is 19.1. The van der Waals surface area contributed by atoms with Gasteiger partial charge in [-0.25, -0.2) is 13.9 Å². The third-order valence-electron chi connectivity index (χ3n) is 5.11. The predicted molar refractivity (Wildman–Crippen MR) is 106 cm³/mol. The average molecular weight is 393 g/mol. The van der Waals surface area contributed by atoms with E-state index >= 15 is 0 Å². The Morgan fingerprint density at radius 3 is 2.59 bits per heavy atom. The second kappa shape index (κ2) is 7.50. The van der Waals surface area contributed by atoms with Crippen molar-refractivity contribution in [1.82, 2.24) is 9.78 Å². The van der Waals surface area contributed by atoms with E-state index in [9.17, 15) is 14.0 Å². The maximum Gasteiger partial charge on any atom is 0.337 e. The number of rotatable bonds is 4. The number of amides is 1. The molecule has 0 fully saturated rings. The van der Waals surface area contributed by atoms with Gasteiger partial charge in [0.25, 0.3) is 5.91 Å². The van der Waals surface area contributed by atoms with Crippen molar-refractivity contribution in [3.63, 3.8) is 0 Å². The number of aromatic nitrogens is 2. The second-order valence-corrected chi connectivity index (χ2v) is 6.99. The fourth-order valence-corrected chi connectivity index (χ4v) is 3.65. The van der Waals surface area contributed by atoms with E-state index in [0.717, 1.165) is 41.8 Å². The molecule has 7 heteroatoms. The van der Waals surface area contributed by atoms with Crippen LogP contribution in [0.2, 0.25) is 0 Å². The number of aryl methyl sites for hydroxylation is 1. The number of ether oxygens (including phenoxy) is 1. The highest BCUT2D eigenvalue weighted by Gasteiger charge is 2.27. The number of nitrogens with zero attached hydrogens (tertiary/aromatic N) is 2. The van der Waals surface area contributed by atoms with E-state index < -0.39 is 5.97 Å². The van der Waals surface area contributed by atoms with Crippen molar-refractivity contribution in [1.29, 1.82) is 0 Å². The molecule has 1 amide bonds. The zero-order valence-corrected chi connectivity index (χ0v) is 16.2. The molecule has 148 valence electrons. The Labute approximate surface area is 167 Å². The lowest BCUT2D eigenvalue weighted by molar-refractivity contribution is 0.0600. The van der Waals surface area contributed by atoms with Gasteiger partial charge in [-0.05, 0) is 74.2 Å². The number of nitrogens with one attached hydrogen (secondary N) is 1. The molecule has 0 atom stereocenters. The van der Waals surface area contributed by atoms with E-state index in [0.29, 0.717) is 16.9 Å². The first-order valence-electron chi connectivity index (χ1n) is 9.35. The Morgan fingerprint density at radius 2 is 1.90 bits per heavy atom. The highest BCUT2D eigenvalue weighted by molar-refractivity contribution is 6.05. The number of methoxy groups -OCH3 is 1. The van der Waals surface area contributed by atoms with Crippen LogP contribution in [0.3, 0.4) is 0 Å². The number of carbonyl (C=O) groups excluding carboxylic acids is 2. The van der Waals surface area contributed by atoms with Gasteiger partial charge in [0.2, 0.25) is 0 Å². The number of hydrogen-bond acceptors (Lipinski definition) is 4. The molecule has 0 saturated carbocycles. The minimum absolute atomic E-state index is 0.307. The lowest BCUT2D eigenvalue weighted by Gasteiger charge is -2.09. The molecular formula is C22H20FN3O3. The van der Waals surface area contributed by atoms with Crippen molar-refractivity contribution in [3.05, 3.63) is 76.4 Å². The summed E-state index contributed by atoms with van der Waals surface area (Å²) in [4.78, 5) is 24.6. The van der Waals surface area contributed by atoms with Crippen molar-refractivity contribution < 1.29 is 18.7 Å². The van der Waals surface area contributed by atoms with Gasteiger partial charge in [-0.2, -0.15) is 5.10 Å². The summed E-state index contributed by atoms with van der Waals surface area (Å²) < 4.78 is 19.7. The first-order chi connectivity index (χ1) is 14.0. The zero-order chi connectivity index (χ0) is 20.5. The summed E-state index contributed by atoms with van der Waals surface area (Å²) in [6, 6.07) is 11.0. The van der Waals surface area contributed by atoms with E-state index in [1.165, 1.54) is 19.2 Å². The molecule has 1 aromatic heterocycles. The number of halogens is 1. The van der Waals surface area contributed by atoms with Crippen molar-refractivity contribution in [2.45, 2.75) is 26.2 Å². The molecule has 0 spiro atoms. The SMILES string of the molecule is COC(=O)c1ccc(NC(=O)c2nn(-c3ccc(F)cc3)c3c2CCC3)c(C)c1. The highest BCUT2D eigenvalue weighted by Crippen LogP contribution is 2.29. The van der Waals surface area contributed by atoms with Crippen LogP contribution in [-0.4, -0.2) is 28.8 Å². The summed E-state index contributed by atoms with van der Waals surface area (Å²) in [5.41, 5.74) is 4.78. The van der Waals surface area contributed by atoms with E-state index in [4.69, 9.17) is 4.74 Å². The lowest BCUT2D eigenvalue weighted by atomic mass is 10.1.